The van der Waals surface area contributed by atoms with Crippen molar-refractivity contribution in [2.75, 3.05) is 32.7 Å². The van der Waals surface area contributed by atoms with Crippen LogP contribution >= 0.6 is 0 Å². The molecule has 1 saturated heterocycles. The standard InChI is InChI=1S/C12H24N4O2/c1-4-5-15-6-8-16(9-7-15)11(17)12(2,3)10(13)14-18/h18H,4-9H2,1-3H3,(H2,13,14). The molecule has 6 nitrogen and oxygen atoms in total. The first-order valence-corrected chi connectivity index (χ1v) is 6.43. The summed E-state index contributed by atoms with van der Waals surface area (Å²) in [5, 5.41) is 11.7. The van der Waals surface area contributed by atoms with Crippen molar-refractivity contribution in [2.24, 2.45) is 16.3 Å². The van der Waals surface area contributed by atoms with Crippen molar-refractivity contribution >= 4 is 11.7 Å². The van der Waals surface area contributed by atoms with Gasteiger partial charge in [0.25, 0.3) is 0 Å². The molecule has 1 amide bonds. The summed E-state index contributed by atoms with van der Waals surface area (Å²) in [5.74, 6) is -0.113. The maximum Gasteiger partial charge on any atom is 0.236 e. The molecule has 0 saturated carbocycles. The molecule has 1 heterocycles. The molecule has 0 atom stereocenters. The van der Waals surface area contributed by atoms with Crippen LogP contribution in [-0.2, 0) is 4.79 Å². The molecule has 0 aromatic heterocycles. The number of amidine groups is 1. The highest BCUT2D eigenvalue weighted by Crippen LogP contribution is 2.20. The van der Waals surface area contributed by atoms with Crippen LogP contribution in [0, 0.1) is 5.41 Å². The Morgan fingerprint density at radius 2 is 1.89 bits per heavy atom. The summed E-state index contributed by atoms with van der Waals surface area (Å²) in [6.45, 7) is 9.80. The van der Waals surface area contributed by atoms with Crippen molar-refractivity contribution in [3.63, 3.8) is 0 Å². The number of nitrogens with two attached hydrogens (primary N) is 1. The molecular weight excluding hydrogens is 232 g/mol. The molecule has 3 N–H and O–H groups in total. The minimum Gasteiger partial charge on any atom is -0.409 e. The van der Waals surface area contributed by atoms with E-state index in [9.17, 15) is 4.79 Å². The van der Waals surface area contributed by atoms with Gasteiger partial charge in [0.2, 0.25) is 5.91 Å². The third-order valence-corrected chi connectivity index (χ3v) is 3.48. The maximum atomic E-state index is 12.3. The van der Waals surface area contributed by atoms with Gasteiger partial charge in [-0.3, -0.25) is 9.69 Å². The minimum atomic E-state index is -0.943. The summed E-state index contributed by atoms with van der Waals surface area (Å²) in [6, 6.07) is 0. The number of amides is 1. The Hall–Kier alpha value is -1.30. The Kier molecular flexibility index (Phi) is 4.95. The molecule has 0 bridgehead atoms. The molecule has 18 heavy (non-hydrogen) atoms. The van der Waals surface area contributed by atoms with Crippen LogP contribution in [0.2, 0.25) is 0 Å². The summed E-state index contributed by atoms with van der Waals surface area (Å²) in [6.07, 6.45) is 1.13. The Morgan fingerprint density at radius 3 is 2.33 bits per heavy atom. The van der Waals surface area contributed by atoms with Crippen molar-refractivity contribution in [3.8, 4) is 0 Å². The van der Waals surface area contributed by atoms with Crippen molar-refractivity contribution in [1.29, 1.82) is 0 Å². The zero-order valence-corrected chi connectivity index (χ0v) is 11.5. The molecular formula is C12H24N4O2. The molecule has 0 aliphatic carbocycles. The van der Waals surface area contributed by atoms with Gasteiger partial charge < -0.3 is 15.8 Å². The highest BCUT2D eigenvalue weighted by atomic mass is 16.4. The van der Waals surface area contributed by atoms with Crippen LogP contribution in [0.25, 0.3) is 0 Å². The van der Waals surface area contributed by atoms with E-state index >= 15 is 0 Å². The number of carbonyl (C=O) groups is 1. The maximum absolute atomic E-state index is 12.3. The van der Waals surface area contributed by atoms with Gasteiger partial charge in [-0.25, -0.2) is 0 Å². The van der Waals surface area contributed by atoms with E-state index in [-0.39, 0.29) is 11.7 Å². The van der Waals surface area contributed by atoms with Crippen LogP contribution in [0.3, 0.4) is 0 Å². The number of hydrogen-bond donors (Lipinski definition) is 2. The largest absolute Gasteiger partial charge is 0.409 e. The third kappa shape index (κ3) is 3.13. The van der Waals surface area contributed by atoms with E-state index in [2.05, 4.69) is 17.0 Å². The van der Waals surface area contributed by atoms with Crippen molar-refractivity contribution in [3.05, 3.63) is 0 Å². The minimum absolute atomic E-state index is 0.0384. The van der Waals surface area contributed by atoms with E-state index in [0.29, 0.717) is 13.1 Å². The lowest BCUT2D eigenvalue weighted by Gasteiger charge is -2.38. The molecule has 0 spiro atoms. The van der Waals surface area contributed by atoms with E-state index in [1.165, 1.54) is 0 Å². The van der Waals surface area contributed by atoms with Gasteiger partial charge in [0.05, 0.1) is 0 Å². The van der Waals surface area contributed by atoms with Gasteiger partial charge in [-0.1, -0.05) is 12.1 Å². The highest BCUT2D eigenvalue weighted by Gasteiger charge is 2.37. The first kappa shape index (κ1) is 14.8. The zero-order valence-electron chi connectivity index (χ0n) is 11.5. The normalized spacial score (nSPS) is 19.1. The van der Waals surface area contributed by atoms with Gasteiger partial charge in [-0.15, -0.1) is 0 Å². The Bertz CT molecular complexity index is 320. The SMILES string of the molecule is CCCN1CCN(C(=O)C(C)(C)C(N)=NO)CC1. The fourth-order valence-electron chi connectivity index (χ4n) is 2.12. The van der Waals surface area contributed by atoms with Crippen LogP contribution in [0.5, 0.6) is 0 Å². The lowest BCUT2D eigenvalue weighted by Crippen LogP contribution is -2.54. The summed E-state index contributed by atoms with van der Waals surface area (Å²) >= 11 is 0. The summed E-state index contributed by atoms with van der Waals surface area (Å²) in [7, 11) is 0. The number of nitrogens with zero attached hydrogens (tertiary/aromatic N) is 3. The molecule has 1 rings (SSSR count). The van der Waals surface area contributed by atoms with Gasteiger partial charge in [0.1, 0.15) is 5.41 Å². The van der Waals surface area contributed by atoms with Crippen molar-refractivity contribution < 1.29 is 10.0 Å². The Labute approximate surface area is 108 Å². The predicted molar refractivity (Wildman–Crippen MR) is 70.5 cm³/mol. The number of carbonyl (C=O) groups excluding carboxylic acids is 1. The van der Waals surface area contributed by atoms with E-state index < -0.39 is 5.41 Å². The fraction of sp³-hybridized carbons (Fsp3) is 0.833. The third-order valence-electron chi connectivity index (χ3n) is 3.48. The molecule has 0 aromatic carbocycles. The van der Waals surface area contributed by atoms with E-state index in [0.717, 1.165) is 26.1 Å². The van der Waals surface area contributed by atoms with Crippen LogP contribution in [-0.4, -0.2) is 59.5 Å². The van der Waals surface area contributed by atoms with Crippen LogP contribution in [0.1, 0.15) is 27.2 Å². The molecule has 1 fully saturated rings. The molecule has 0 unspecified atom stereocenters. The van der Waals surface area contributed by atoms with Gasteiger partial charge in [-0.2, -0.15) is 0 Å². The zero-order chi connectivity index (χ0) is 13.8. The van der Waals surface area contributed by atoms with Crippen LogP contribution in [0.4, 0.5) is 0 Å². The second-order valence-corrected chi connectivity index (χ2v) is 5.24. The topological polar surface area (TPSA) is 82.2 Å². The Morgan fingerprint density at radius 1 is 1.33 bits per heavy atom. The Balaban J connectivity index is 2.60. The highest BCUT2D eigenvalue weighted by molar-refractivity contribution is 6.05. The second kappa shape index (κ2) is 6.04. The predicted octanol–water partition coefficient (Wildman–Crippen LogP) is 0.313. The number of oxime groups is 1. The average Bonchev–Trinajstić information content (AvgIpc) is 2.38. The van der Waals surface area contributed by atoms with E-state index in [1.807, 2.05) is 0 Å². The number of piperazine rings is 1. The van der Waals surface area contributed by atoms with Crippen molar-refractivity contribution in [2.45, 2.75) is 27.2 Å². The molecule has 6 heteroatoms. The van der Waals surface area contributed by atoms with Crippen LogP contribution < -0.4 is 5.73 Å². The van der Waals surface area contributed by atoms with Crippen molar-refractivity contribution in [1.82, 2.24) is 9.80 Å². The lowest BCUT2D eigenvalue weighted by molar-refractivity contribution is -0.138. The summed E-state index contributed by atoms with van der Waals surface area (Å²) < 4.78 is 0. The first-order valence-electron chi connectivity index (χ1n) is 6.43. The quantitative estimate of drug-likeness (QED) is 0.328. The summed E-state index contributed by atoms with van der Waals surface area (Å²) in [4.78, 5) is 16.5. The van der Waals surface area contributed by atoms with Gasteiger partial charge in [0.15, 0.2) is 5.84 Å². The fourth-order valence-corrected chi connectivity index (χ4v) is 2.12. The first-order chi connectivity index (χ1) is 8.43. The van der Waals surface area contributed by atoms with E-state index in [1.54, 1.807) is 18.7 Å². The lowest BCUT2D eigenvalue weighted by atomic mass is 9.90. The summed E-state index contributed by atoms with van der Waals surface area (Å²) in [5.41, 5.74) is 4.63. The second-order valence-electron chi connectivity index (χ2n) is 5.24. The van der Waals surface area contributed by atoms with Gasteiger partial charge in [0, 0.05) is 26.2 Å². The monoisotopic (exact) mass is 256 g/mol. The van der Waals surface area contributed by atoms with Gasteiger partial charge in [-0.05, 0) is 26.8 Å². The molecule has 1 aliphatic rings. The average molecular weight is 256 g/mol. The van der Waals surface area contributed by atoms with Gasteiger partial charge >= 0.3 is 0 Å². The number of rotatable bonds is 4. The molecule has 104 valence electrons. The van der Waals surface area contributed by atoms with E-state index in [4.69, 9.17) is 10.9 Å². The molecule has 0 radical (unpaired) electrons. The van der Waals surface area contributed by atoms with Crippen LogP contribution in [0.15, 0.2) is 5.16 Å². The molecule has 0 aromatic rings. The number of hydrogen-bond acceptors (Lipinski definition) is 4. The molecule has 1 aliphatic heterocycles. The smallest absolute Gasteiger partial charge is 0.236 e.